The van der Waals surface area contributed by atoms with Crippen molar-refractivity contribution in [3.63, 3.8) is 0 Å². The second-order valence-electron chi connectivity index (χ2n) is 5.48. The van der Waals surface area contributed by atoms with Crippen LogP contribution in [0.3, 0.4) is 0 Å². The van der Waals surface area contributed by atoms with Gasteiger partial charge in [0.15, 0.2) is 0 Å². The van der Waals surface area contributed by atoms with Crippen molar-refractivity contribution in [2.75, 3.05) is 46.7 Å². The maximum absolute atomic E-state index is 5.53. The molecule has 0 bridgehead atoms. The van der Waals surface area contributed by atoms with Crippen LogP contribution in [0.15, 0.2) is 0 Å². The van der Waals surface area contributed by atoms with Gasteiger partial charge in [-0.05, 0) is 38.0 Å². The quantitative estimate of drug-likeness (QED) is 0.586. The zero-order valence-electron chi connectivity index (χ0n) is 12.7. The van der Waals surface area contributed by atoms with Crippen LogP contribution in [0.4, 0.5) is 0 Å². The van der Waals surface area contributed by atoms with Gasteiger partial charge in [-0.3, -0.25) is 0 Å². The Morgan fingerprint density at radius 2 is 1.58 bits per heavy atom. The summed E-state index contributed by atoms with van der Waals surface area (Å²) in [4.78, 5) is 0. The van der Waals surface area contributed by atoms with E-state index in [9.17, 15) is 0 Å². The van der Waals surface area contributed by atoms with Crippen LogP contribution in [0.5, 0.6) is 0 Å². The van der Waals surface area contributed by atoms with Crippen LogP contribution in [0.2, 0.25) is 0 Å². The Hall–Kier alpha value is -0.160. The lowest BCUT2D eigenvalue weighted by molar-refractivity contribution is 0.0399. The summed E-state index contributed by atoms with van der Waals surface area (Å²) < 4.78 is 15.9. The molecule has 0 atom stereocenters. The van der Waals surface area contributed by atoms with Crippen molar-refractivity contribution in [1.29, 1.82) is 0 Å². The molecule has 0 aromatic rings. The van der Waals surface area contributed by atoms with Crippen LogP contribution in [0.1, 0.15) is 39.0 Å². The summed E-state index contributed by atoms with van der Waals surface area (Å²) >= 11 is 0. The van der Waals surface area contributed by atoms with Gasteiger partial charge >= 0.3 is 0 Å². The largest absolute Gasteiger partial charge is 0.385 e. The predicted molar refractivity (Wildman–Crippen MR) is 77.6 cm³/mol. The summed E-state index contributed by atoms with van der Waals surface area (Å²) in [6, 6.07) is 0.713. The average molecular weight is 273 g/mol. The van der Waals surface area contributed by atoms with E-state index in [-0.39, 0.29) is 0 Å². The Balaban J connectivity index is 1.76. The molecule has 0 aromatic carbocycles. The molecule has 0 aromatic heterocycles. The number of nitrogens with one attached hydrogen (secondary N) is 1. The smallest absolute Gasteiger partial charge is 0.0701 e. The Morgan fingerprint density at radius 1 is 0.895 bits per heavy atom. The van der Waals surface area contributed by atoms with E-state index in [2.05, 4.69) is 12.2 Å². The summed E-state index contributed by atoms with van der Waals surface area (Å²) in [5, 5.41) is 3.58. The topological polar surface area (TPSA) is 39.7 Å². The molecule has 1 aliphatic carbocycles. The Bertz CT molecular complexity index is 194. The highest BCUT2D eigenvalue weighted by molar-refractivity contribution is 4.74. The van der Waals surface area contributed by atoms with Crippen molar-refractivity contribution < 1.29 is 14.2 Å². The number of ether oxygens (including phenoxy) is 3. The monoisotopic (exact) mass is 273 g/mol. The van der Waals surface area contributed by atoms with Crippen molar-refractivity contribution in [1.82, 2.24) is 5.32 Å². The van der Waals surface area contributed by atoms with Gasteiger partial charge in [-0.15, -0.1) is 0 Å². The molecule has 19 heavy (non-hydrogen) atoms. The average Bonchev–Trinajstić information content (AvgIpc) is 2.43. The maximum Gasteiger partial charge on any atom is 0.0701 e. The SMILES string of the molecule is COCCCOCCOCCNC1CCC(C)CC1. The standard InChI is InChI=1S/C15H31NO3/c1-14-4-6-15(7-5-14)16-8-11-19-13-12-18-10-3-9-17-2/h14-16H,3-13H2,1-2H3. The molecule has 1 N–H and O–H groups in total. The highest BCUT2D eigenvalue weighted by atomic mass is 16.5. The van der Waals surface area contributed by atoms with Gasteiger partial charge in [0, 0.05) is 32.9 Å². The summed E-state index contributed by atoms with van der Waals surface area (Å²) in [7, 11) is 1.71. The lowest BCUT2D eigenvalue weighted by Crippen LogP contribution is -2.35. The first kappa shape index (κ1) is 16.9. The molecule has 0 unspecified atom stereocenters. The van der Waals surface area contributed by atoms with Crippen LogP contribution in [0.25, 0.3) is 0 Å². The molecule has 0 radical (unpaired) electrons. The lowest BCUT2D eigenvalue weighted by Gasteiger charge is -2.26. The number of hydrogen-bond donors (Lipinski definition) is 1. The normalized spacial score (nSPS) is 23.7. The van der Waals surface area contributed by atoms with Gasteiger partial charge in [-0.2, -0.15) is 0 Å². The molecule has 0 amide bonds. The minimum absolute atomic E-state index is 0.685. The van der Waals surface area contributed by atoms with Crippen LogP contribution in [0, 0.1) is 5.92 Å². The summed E-state index contributed by atoms with van der Waals surface area (Å²) in [6.45, 7) is 7.00. The Kier molecular flexibility index (Phi) is 10.4. The first-order valence-corrected chi connectivity index (χ1v) is 7.70. The van der Waals surface area contributed by atoms with E-state index >= 15 is 0 Å². The first-order valence-electron chi connectivity index (χ1n) is 7.70. The third-order valence-electron chi connectivity index (χ3n) is 3.70. The first-order chi connectivity index (χ1) is 9.33. The molecule has 1 aliphatic rings. The Labute approximate surface area is 118 Å². The molecule has 0 spiro atoms. The van der Waals surface area contributed by atoms with Gasteiger partial charge in [-0.1, -0.05) is 6.92 Å². The van der Waals surface area contributed by atoms with Crippen molar-refractivity contribution in [3.05, 3.63) is 0 Å². The molecule has 1 saturated carbocycles. The van der Waals surface area contributed by atoms with Gasteiger partial charge in [0.2, 0.25) is 0 Å². The minimum Gasteiger partial charge on any atom is -0.385 e. The van der Waals surface area contributed by atoms with Crippen molar-refractivity contribution in [2.24, 2.45) is 5.92 Å². The number of rotatable bonds is 11. The van der Waals surface area contributed by atoms with E-state index in [1.54, 1.807) is 7.11 Å². The summed E-state index contributed by atoms with van der Waals surface area (Å²) in [6.07, 6.45) is 6.34. The van der Waals surface area contributed by atoms with E-state index < -0.39 is 0 Å². The fourth-order valence-electron chi connectivity index (χ4n) is 2.43. The summed E-state index contributed by atoms with van der Waals surface area (Å²) in [5.41, 5.74) is 0. The van der Waals surface area contributed by atoms with Crippen LogP contribution >= 0.6 is 0 Å². The Morgan fingerprint density at radius 3 is 2.26 bits per heavy atom. The zero-order chi connectivity index (χ0) is 13.8. The molecule has 0 heterocycles. The van der Waals surface area contributed by atoms with Crippen LogP contribution in [-0.4, -0.2) is 52.7 Å². The van der Waals surface area contributed by atoms with Gasteiger partial charge in [0.05, 0.1) is 19.8 Å². The molecule has 4 heteroatoms. The van der Waals surface area contributed by atoms with E-state index in [4.69, 9.17) is 14.2 Å². The van der Waals surface area contributed by atoms with Gasteiger partial charge in [0.25, 0.3) is 0 Å². The predicted octanol–water partition coefficient (Wildman–Crippen LogP) is 2.22. The zero-order valence-corrected chi connectivity index (χ0v) is 12.7. The molecule has 4 nitrogen and oxygen atoms in total. The van der Waals surface area contributed by atoms with Gasteiger partial charge < -0.3 is 19.5 Å². The van der Waals surface area contributed by atoms with E-state index in [0.717, 1.165) is 38.7 Å². The van der Waals surface area contributed by atoms with Crippen molar-refractivity contribution >= 4 is 0 Å². The maximum atomic E-state index is 5.53. The van der Waals surface area contributed by atoms with Crippen molar-refractivity contribution in [2.45, 2.75) is 45.1 Å². The summed E-state index contributed by atoms with van der Waals surface area (Å²) in [5.74, 6) is 0.921. The lowest BCUT2D eigenvalue weighted by atomic mass is 9.87. The van der Waals surface area contributed by atoms with E-state index in [0.29, 0.717) is 19.3 Å². The van der Waals surface area contributed by atoms with Gasteiger partial charge in [0.1, 0.15) is 0 Å². The molecule has 0 aliphatic heterocycles. The van der Waals surface area contributed by atoms with E-state index in [1.807, 2.05) is 0 Å². The molecule has 1 rings (SSSR count). The third kappa shape index (κ3) is 9.38. The molecule has 0 saturated heterocycles. The molecular weight excluding hydrogens is 242 g/mol. The highest BCUT2D eigenvalue weighted by Gasteiger charge is 2.16. The second kappa shape index (κ2) is 11.6. The number of methoxy groups -OCH3 is 1. The third-order valence-corrected chi connectivity index (χ3v) is 3.70. The molecule has 114 valence electrons. The van der Waals surface area contributed by atoms with E-state index in [1.165, 1.54) is 25.7 Å². The second-order valence-corrected chi connectivity index (χ2v) is 5.48. The van der Waals surface area contributed by atoms with Gasteiger partial charge in [-0.25, -0.2) is 0 Å². The van der Waals surface area contributed by atoms with Crippen LogP contribution in [-0.2, 0) is 14.2 Å². The fourth-order valence-corrected chi connectivity index (χ4v) is 2.43. The van der Waals surface area contributed by atoms with Crippen LogP contribution < -0.4 is 5.32 Å². The molecular formula is C15H31NO3. The highest BCUT2D eigenvalue weighted by Crippen LogP contribution is 2.23. The molecule has 1 fully saturated rings. The fraction of sp³-hybridized carbons (Fsp3) is 1.00. The van der Waals surface area contributed by atoms with Crippen molar-refractivity contribution in [3.8, 4) is 0 Å². The minimum atomic E-state index is 0.685. The number of hydrogen-bond acceptors (Lipinski definition) is 4.